The van der Waals surface area contributed by atoms with Crippen molar-refractivity contribution in [3.8, 4) is 0 Å². The van der Waals surface area contributed by atoms with Crippen LogP contribution in [0.2, 0.25) is 0 Å². The Kier molecular flexibility index (Phi) is 6.59. The van der Waals surface area contributed by atoms with Gasteiger partial charge in [-0.2, -0.15) is 0 Å². The van der Waals surface area contributed by atoms with Crippen LogP contribution in [-0.4, -0.2) is 37.0 Å². The quantitative estimate of drug-likeness (QED) is 0.668. The second-order valence-electron chi connectivity index (χ2n) is 3.28. The van der Waals surface area contributed by atoms with Gasteiger partial charge < -0.3 is 10.2 Å². The fraction of sp³-hybridized carbons (Fsp3) is 0.900. The van der Waals surface area contributed by atoms with Crippen LogP contribution in [0.4, 0.5) is 0 Å². The Morgan fingerprint density at radius 1 is 1.31 bits per heavy atom. The summed E-state index contributed by atoms with van der Waals surface area (Å²) in [4.78, 5) is 13.0. The summed E-state index contributed by atoms with van der Waals surface area (Å²) in [6, 6.07) is 0.420. The Balaban J connectivity index is 0.000000671. The Morgan fingerprint density at radius 2 is 1.77 bits per heavy atom. The minimum absolute atomic E-state index is 0.0968. The van der Waals surface area contributed by atoms with E-state index in [-0.39, 0.29) is 5.91 Å². The summed E-state index contributed by atoms with van der Waals surface area (Å²) in [6.07, 6.45) is 2.19. The van der Waals surface area contributed by atoms with Crippen LogP contribution < -0.4 is 5.32 Å². The number of hydrogen-bond acceptors (Lipinski definition) is 2. The lowest BCUT2D eigenvalue weighted by atomic mass is 10.1. The van der Waals surface area contributed by atoms with Crippen LogP contribution in [0.1, 0.15) is 33.6 Å². The molecule has 0 spiro atoms. The van der Waals surface area contributed by atoms with Crippen LogP contribution in [0.15, 0.2) is 0 Å². The molecule has 0 unspecified atom stereocenters. The van der Waals surface area contributed by atoms with Crippen LogP contribution in [0, 0.1) is 0 Å². The van der Waals surface area contributed by atoms with E-state index in [1.165, 1.54) is 0 Å². The number of carbonyl (C=O) groups is 1. The number of amides is 1. The lowest BCUT2D eigenvalue weighted by Gasteiger charge is -2.29. The number of piperidine rings is 1. The number of likely N-dealkylation sites (tertiary alicyclic amines) is 1. The Hall–Kier alpha value is -0.570. The highest BCUT2D eigenvalue weighted by Crippen LogP contribution is 2.07. The molecule has 1 rings (SSSR count). The standard InChI is InChI=1S/C8H16N2O.C2H6/c1-7(11)9-8-3-5-10(2)6-4-8;1-2/h8H,3-6H2,1-2H3,(H,9,11);1-2H3. The van der Waals surface area contributed by atoms with E-state index in [2.05, 4.69) is 17.3 Å². The number of nitrogens with one attached hydrogen (secondary N) is 1. The first kappa shape index (κ1) is 12.4. The molecule has 0 radical (unpaired) electrons. The fourth-order valence-electron chi connectivity index (χ4n) is 1.44. The molecule has 0 aromatic carbocycles. The van der Waals surface area contributed by atoms with Crippen LogP contribution in [0.3, 0.4) is 0 Å². The third-order valence-electron chi connectivity index (χ3n) is 2.13. The van der Waals surface area contributed by atoms with Crippen LogP contribution in [0.5, 0.6) is 0 Å². The highest BCUT2D eigenvalue weighted by atomic mass is 16.1. The molecule has 0 aromatic heterocycles. The molecule has 1 aliphatic heterocycles. The molecule has 13 heavy (non-hydrogen) atoms. The maximum atomic E-state index is 10.7. The maximum absolute atomic E-state index is 10.7. The van der Waals surface area contributed by atoms with Crippen molar-refractivity contribution in [2.45, 2.75) is 39.7 Å². The highest BCUT2D eigenvalue weighted by Gasteiger charge is 2.16. The number of hydrogen-bond donors (Lipinski definition) is 1. The van der Waals surface area contributed by atoms with Crippen LogP contribution in [0.25, 0.3) is 0 Å². The first-order chi connectivity index (χ1) is 6.18. The summed E-state index contributed by atoms with van der Waals surface area (Å²) in [7, 11) is 2.12. The average Bonchev–Trinajstić information content (AvgIpc) is 2.12. The smallest absolute Gasteiger partial charge is 0.217 e. The van der Waals surface area contributed by atoms with Crippen molar-refractivity contribution in [3.05, 3.63) is 0 Å². The molecule has 1 heterocycles. The minimum atomic E-state index is 0.0968. The van der Waals surface area contributed by atoms with Crippen molar-refractivity contribution in [1.82, 2.24) is 10.2 Å². The van der Waals surface area contributed by atoms with E-state index in [0.29, 0.717) is 6.04 Å². The van der Waals surface area contributed by atoms with E-state index in [1.54, 1.807) is 6.92 Å². The minimum Gasteiger partial charge on any atom is -0.354 e. The van der Waals surface area contributed by atoms with Crippen molar-refractivity contribution >= 4 is 5.91 Å². The number of carbonyl (C=O) groups excluding carboxylic acids is 1. The third kappa shape index (κ3) is 5.64. The Bertz CT molecular complexity index is 140. The van der Waals surface area contributed by atoms with Crippen molar-refractivity contribution in [2.24, 2.45) is 0 Å². The monoisotopic (exact) mass is 186 g/mol. The molecule has 1 aliphatic rings. The lowest BCUT2D eigenvalue weighted by molar-refractivity contribution is -0.119. The fourth-order valence-corrected chi connectivity index (χ4v) is 1.44. The zero-order chi connectivity index (χ0) is 10.3. The predicted molar refractivity (Wildman–Crippen MR) is 55.7 cm³/mol. The molecule has 0 atom stereocenters. The molecule has 0 saturated carbocycles. The van der Waals surface area contributed by atoms with Crippen molar-refractivity contribution in [3.63, 3.8) is 0 Å². The zero-order valence-corrected chi connectivity index (χ0v) is 9.26. The van der Waals surface area contributed by atoms with Crippen molar-refractivity contribution < 1.29 is 4.79 Å². The van der Waals surface area contributed by atoms with Gasteiger partial charge in [0.05, 0.1) is 0 Å². The normalized spacial score (nSPS) is 18.8. The summed E-state index contributed by atoms with van der Waals surface area (Å²) < 4.78 is 0. The van der Waals surface area contributed by atoms with Gasteiger partial charge in [-0.25, -0.2) is 0 Å². The first-order valence-corrected chi connectivity index (χ1v) is 5.14. The summed E-state index contributed by atoms with van der Waals surface area (Å²) >= 11 is 0. The first-order valence-electron chi connectivity index (χ1n) is 5.14. The number of nitrogens with zero attached hydrogens (tertiary/aromatic N) is 1. The Labute approximate surface area is 81.5 Å². The molecule has 78 valence electrons. The van der Waals surface area contributed by atoms with Gasteiger partial charge in [-0.1, -0.05) is 13.8 Å². The molecule has 1 saturated heterocycles. The van der Waals surface area contributed by atoms with Gasteiger partial charge in [-0.3, -0.25) is 4.79 Å². The molecular formula is C10H22N2O. The molecule has 0 aromatic rings. The van der Waals surface area contributed by atoms with E-state index in [0.717, 1.165) is 25.9 Å². The van der Waals surface area contributed by atoms with Gasteiger partial charge in [0.15, 0.2) is 0 Å². The molecule has 1 fully saturated rings. The second-order valence-corrected chi connectivity index (χ2v) is 3.28. The van der Waals surface area contributed by atoms with Crippen LogP contribution in [-0.2, 0) is 4.79 Å². The summed E-state index contributed by atoms with van der Waals surface area (Å²) in [5.74, 6) is 0.0968. The predicted octanol–water partition coefficient (Wildman–Crippen LogP) is 1.24. The SMILES string of the molecule is CC.CC(=O)NC1CCN(C)CC1. The largest absolute Gasteiger partial charge is 0.354 e. The maximum Gasteiger partial charge on any atom is 0.217 e. The highest BCUT2D eigenvalue weighted by molar-refractivity contribution is 5.73. The topological polar surface area (TPSA) is 32.3 Å². The van der Waals surface area contributed by atoms with Gasteiger partial charge in [0.1, 0.15) is 0 Å². The molecular weight excluding hydrogens is 164 g/mol. The van der Waals surface area contributed by atoms with Gasteiger partial charge in [-0.15, -0.1) is 0 Å². The molecule has 3 nitrogen and oxygen atoms in total. The summed E-state index contributed by atoms with van der Waals surface area (Å²) in [6.45, 7) is 7.79. The zero-order valence-electron chi connectivity index (χ0n) is 9.26. The van der Waals surface area contributed by atoms with Gasteiger partial charge in [0.2, 0.25) is 5.91 Å². The molecule has 0 aliphatic carbocycles. The van der Waals surface area contributed by atoms with E-state index >= 15 is 0 Å². The number of rotatable bonds is 1. The van der Waals surface area contributed by atoms with E-state index in [1.807, 2.05) is 13.8 Å². The van der Waals surface area contributed by atoms with Gasteiger partial charge in [0.25, 0.3) is 0 Å². The van der Waals surface area contributed by atoms with Crippen molar-refractivity contribution in [1.29, 1.82) is 0 Å². The van der Waals surface area contributed by atoms with Gasteiger partial charge in [0, 0.05) is 13.0 Å². The van der Waals surface area contributed by atoms with Gasteiger partial charge in [-0.05, 0) is 33.0 Å². The molecule has 3 heteroatoms. The average molecular weight is 186 g/mol. The van der Waals surface area contributed by atoms with Crippen molar-refractivity contribution in [2.75, 3.05) is 20.1 Å². The summed E-state index contributed by atoms with van der Waals surface area (Å²) in [5, 5.41) is 2.94. The van der Waals surface area contributed by atoms with Gasteiger partial charge >= 0.3 is 0 Å². The third-order valence-corrected chi connectivity index (χ3v) is 2.13. The van der Waals surface area contributed by atoms with Crippen LogP contribution >= 0.6 is 0 Å². The second kappa shape index (κ2) is 6.89. The lowest BCUT2D eigenvalue weighted by Crippen LogP contribution is -2.42. The summed E-state index contributed by atoms with van der Waals surface area (Å²) in [5.41, 5.74) is 0. The Morgan fingerprint density at radius 3 is 2.15 bits per heavy atom. The molecule has 1 amide bonds. The molecule has 0 bridgehead atoms. The van der Waals surface area contributed by atoms with E-state index in [4.69, 9.17) is 0 Å². The van der Waals surface area contributed by atoms with E-state index < -0.39 is 0 Å². The molecule has 1 N–H and O–H groups in total. The van der Waals surface area contributed by atoms with E-state index in [9.17, 15) is 4.79 Å².